The fourth-order valence-corrected chi connectivity index (χ4v) is 1.07. The average molecular weight is 188 g/mol. The number of unbranched alkanes of at least 4 members (excludes halogenated alkanes) is 3. The van der Waals surface area contributed by atoms with Gasteiger partial charge in [0.25, 0.3) is 0 Å². The zero-order chi connectivity index (χ0) is 10.2. The van der Waals surface area contributed by atoms with E-state index in [1.165, 1.54) is 25.7 Å². The smallest absolute Gasteiger partial charge is 0.102 e. The molecule has 0 aromatic rings. The van der Waals surface area contributed by atoms with Crippen molar-refractivity contribution in [1.29, 1.82) is 0 Å². The van der Waals surface area contributed by atoms with Crippen molar-refractivity contribution in [1.82, 2.24) is 0 Å². The summed E-state index contributed by atoms with van der Waals surface area (Å²) in [6, 6.07) is 0. The van der Waals surface area contributed by atoms with Gasteiger partial charge in [-0.2, -0.15) is 0 Å². The summed E-state index contributed by atoms with van der Waals surface area (Å²) in [4.78, 5) is 0. The summed E-state index contributed by atoms with van der Waals surface area (Å²) in [5.74, 6) is 0. The first-order valence-corrected chi connectivity index (χ1v) is 5.44. The van der Waals surface area contributed by atoms with Crippen LogP contribution in [0.3, 0.4) is 0 Å². The van der Waals surface area contributed by atoms with Crippen molar-refractivity contribution in [3.63, 3.8) is 0 Å². The van der Waals surface area contributed by atoms with E-state index in [2.05, 4.69) is 28.1 Å². The molecular formula is C11H26NO+. The Morgan fingerprint density at radius 2 is 1.62 bits per heavy atom. The van der Waals surface area contributed by atoms with Gasteiger partial charge in [-0.25, -0.2) is 0 Å². The molecule has 2 nitrogen and oxygen atoms in total. The lowest BCUT2D eigenvalue weighted by molar-refractivity contribution is -0.870. The average Bonchev–Trinajstić information content (AvgIpc) is 2.01. The van der Waals surface area contributed by atoms with Crippen molar-refractivity contribution in [3.05, 3.63) is 0 Å². The quantitative estimate of drug-likeness (QED) is 0.419. The first-order chi connectivity index (χ1) is 6.06. The Hall–Kier alpha value is -0.0800. The number of rotatable bonds is 8. The number of ether oxygens (including phenoxy) is 1. The Balaban J connectivity index is 3.00. The summed E-state index contributed by atoms with van der Waals surface area (Å²) >= 11 is 0. The molecule has 0 saturated heterocycles. The van der Waals surface area contributed by atoms with E-state index in [4.69, 9.17) is 4.74 Å². The number of likely N-dealkylation sites (N-methyl/N-ethyl adjacent to an activating group) is 1. The van der Waals surface area contributed by atoms with Crippen LogP contribution in [0.15, 0.2) is 0 Å². The summed E-state index contributed by atoms with van der Waals surface area (Å²) in [7, 11) is 6.58. The zero-order valence-electron chi connectivity index (χ0n) is 9.81. The van der Waals surface area contributed by atoms with Crippen molar-refractivity contribution >= 4 is 0 Å². The molecule has 0 aliphatic heterocycles. The van der Waals surface area contributed by atoms with Crippen LogP contribution in [0.5, 0.6) is 0 Å². The molecule has 0 aromatic carbocycles. The highest BCUT2D eigenvalue weighted by atomic mass is 16.5. The van der Waals surface area contributed by atoms with E-state index in [0.29, 0.717) is 0 Å². The minimum Gasteiger partial charge on any atom is -0.376 e. The molecule has 0 amide bonds. The van der Waals surface area contributed by atoms with Crippen LogP contribution in [0.4, 0.5) is 0 Å². The molecule has 0 aliphatic carbocycles. The van der Waals surface area contributed by atoms with Gasteiger partial charge in [0, 0.05) is 6.61 Å². The number of nitrogens with zero attached hydrogens (tertiary/aromatic N) is 1. The predicted molar refractivity (Wildman–Crippen MR) is 57.9 cm³/mol. The van der Waals surface area contributed by atoms with Crippen LogP contribution in [-0.4, -0.2) is 45.4 Å². The summed E-state index contributed by atoms with van der Waals surface area (Å²) in [5.41, 5.74) is 0. The third-order valence-corrected chi connectivity index (χ3v) is 2.05. The Morgan fingerprint density at radius 1 is 0.923 bits per heavy atom. The molecule has 0 radical (unpaired) electrons. The van der Waals surface area contributed by atoms with Crippen LogP contribution < -0.4 is 0 Å². The molecule has 0 unspecified atom stereocenters. The van der Waals surface area contributed by atoms with E-state index in [1.54, 1.807) is 0 Å². The van der Waals surface area contributed by atoms with Crippen molar-refractivity contribution < 1.29 is 9.22 Å². The second-order valence-corrected chi connectivity index (χ2v) is 4.69. The van der Waals surface area contributed by atoms with Crippen molar-refractivity contribution in [2.45, 2.75) is 32.6 Å². The first kappa shape index (κ1) is 12.9. The molecule has 0 fully saturated rings. The van der Waals surface area contributed by atoms with Gasteiger partial charge in [-0.3, -0.25) is 0 Å². The molecule has 0 N–H and O–H groups in total. The van der Waals surface area contributed by atoms with E-state index in [1.807, 2.05) is 0 Å². The van der Waals surface area contributed by atoms with Gasteiger partial charge in [0.1, 0.15) is 6.54 Å². The van der Waals surface area contributed by atoms with E-state index in [-0.39, 0.29) is 0 Å². The van der Waals surface area contributed by atoms with Gasteiger partial charge < -0.3 is 9.22 Å². The lowest BCUT2D eigenvalue weighted by atomic mass is 10.2. The predicted octanol–water partition coefficient (Wildman–Crippen LogP) is 2.29. The van der Waals surface area contributed by atoms with Gasteiger partial charge >= 0.3 is 0 Å². The maximum absolute atomic E-state index is 5.54. The molecule has 2 heteroatoms. The molecule has 13 heavy (non-hydrogen) atoms. The third kappa shape index (κ3) is 11.9. The largest absolute Gasteiger partial charge is 0.376 e. The van der Waals surface area contributed by atoms with Gasteiger partial charge in [-0.05, 0) is 6.42 Å². The van der Waals surface area contributed by atoms with Gasteiger partial charge in [-0.1, -0.05) is 26.2 Å². The molecule has 0 aromatic heterocycles. The molecule has 0 spiro atoms. The van der Waals surface area contributed by atoms with E-state index in [0.717, 1.165) is 24.2 Å². The highest BCUT2D eigenvalue weighted by Gasteiger charge is 2.04. The zero-order valence-corrected chi connectivity index (χ0v) is 9.81. The fourth-order valence-electron chi connectivity index (χ4n) is 1.07. The van der Waals surface area contributed by atoms with Gasteiger partial charge in [0.05, 0.1) is 27.7 Å². The summed E-state index contributed by atoms with van der Waals surface area (Å²) < 4.78 is 6.54. The molecule has 0 atom stereocenters. The van der Waals surface area contributed by atoms with E-state index < -0.39 is 0 Å². The number of hydrogen-bond donors (Lipinski definition) is 0. The van der Waals surface area contributed by atoms with Gasteiger partial charge in [0.15, 0.2) is 0 Å². The summed E-state index contributed by atoms with van der Waals surface area (Å²) in [5, 5.41) is 0. The summed E-state index contributed by atoms with van der Waals surface area (Å²) in [6.07, 6.45) is 5.20. The van der Waals surface area contributed by atoms with Crippen molar-refractivity contribution in [2.24, 2.45) is 0 Å². The minimum atomic E-state index is 0.898. The first-order valence-electron chi connectivity index (χ1n) is 5.44. The molecule has 80 valence electrons. The summed E-state index contributed by atoms with van der Waals surface area (Å²) in [6.45, 7) is 5.18. The highest BCUT2D eigenvalue weighted by Crippen LogP contribution is 1.99. The maximum atomic E-state index is 5.54. The lowest BCUT2D eigenvalue weighted by Crippen LogP contribution is -2.37. The number of quaternary nitrogens is 1. The van der Waals surface area contributed by atoms with Gasteiger partial charge in [0.2, 0.25) is 0 Å². The van der Waals surface area contributed by atoms with E-state index >= 15 is 0 Å². The molecule has 0 bridgehead atoms. The molecular weight excluding hydrogens is 162 g/mol. The topological polar surface area (TPSA) is 9.23 Å². The maximum Gasteiger partial charge on any atom is 0.102 e. The second-order valence-electron chi connectivity index (χ2n) is 4.69. The lowest BCUT2D eigenvalue weighted by Gasteiger charge is -2.23. The number of hydrogen-bond acceptors (Lipinski definition) is 1. The van der Waals surface area contributed by atoms with Crippen LogP contribution in [-0.2, 0) is 4.74 Å². The molecule has 0 aliphatic rings. The van der Waals surface area contributed by atoms with Crippen LogP contribution >= 0.6 is 0 Å². The van der Waals surface area contributed by atoms with Crippen molar-refractivity contribution in [2.75, 3.05) is 40.9 Å². The Kier molecular flexibility index (Phi) is 7.29. The Labute approximate surface area is 83.5 Å². The Morgan fingerprint density at radius 3 is 2.15 bits per heavy atom. The van der Waals surface area contributed by atoms with Crippen LogP contribution in [0.2, 0.25) is 0 Å². The minimum absolute atomic E-state index is 0.898. The molecule has 0 saturated carbocycles. The standard InChI is InChI=1S/C11H26NO/c1-5-6-7-8-10-13-11-9-12(2,3)4/h5-11H2,1-4H3/q+1. The Bertz CT molecular complexity index is 107. The van der Waals surface area contributed by atoms with Crippen LogP contribution in [0.25, 0.3) is 0 Å². The normalized spacial score (nSPS) is 12.0. The molecule has 0 rings (SSSR count). The van der Waals surface area contributed by atoms with Crippen LogP contribution in [0.1, 0.15) is 32.6 Å². The monoisotopic (exact) mass is 188 g/mol. The van der Waals surface area contributed by atoms with Gasteiger partial charge in [-0.15, -0.1) is 0 Å². The SMILES string of the molecule is CCCCCCOCC[N+](C)(C)C. The van der Waals surface area contributed by atoms with Crippen molar-refractivity contribution in [3.8, 4) is 0 Å². The van der Waals surface area contributed by atoms with E-state index in [9.17, 15) is 0 Å². The van der Waals surface area contributed by atoms with Crippen LogP contribution in [0, 0.1) is 0 Å². The third-order valence-electron chi connectivity index (χ3n) is 2.05. The fraction of sp³-hybridized carbons (Fsp3) is 1.00. The second kappa shape index (κ2) is 7.34. The molecule has 0 heterocycles. The highest BCUT2D eigenvalue weighted by molar-refractivity contribution is 4.39.